The molecule has 1 amide bonds. The van der Waals surface area contributed by atoms with Crippen LogP contribution in [0.2, 0.25) is 0 Å². The van der Waals surface area contributed by atoms with Crippen molar-refractivity contribution in [3.8, 4) is 5.75 Å². The van der Waals surface area contributed by atoms with Gasteiger partial charge in [-0.05, 0) is 23.6 Å². The molecule has 0 radical (unpaired) electrons. The molecular formula is C13H17NO3. The molecule has 0 aromatic heterocycles. The fraction of sp³-hybridized carbons (Fsp3) is 0.462. The number of likely N-dealkylation sites (N-methyl/N-ethyl adjacent to an activating group) is 1. The highest BCUT2D eigenvalue weighted by Crippen LogP contribution is 2.25. The van der Waals surface area contributed by atoms with Crippen molar-refractivity contribution in [1.29, 1.82) is 0 Å². The van der Waals surface area contributed by atoms with Crippen LogP contribution in [0.1, 0.15) is 11.1 Å². The van der Waals surface area contributed by atoms with E-state index in [0.29, 0.717) is 6.54 Å². The quantitative estimate of drug-likeness (QED) is 0.802. The molecule has 0 bridgehead atoms. The van der Waals surface area contributed by atoms with Gasteiger partial charge in [0.25, 0.3) is 0 Å². The molecule has 1 aromatic carbocycles. The number of fused-ring (bicyclic) bond motifs is 1. The van der Waals surface area contributed by atoms with E-state index in [1.54, 1.807) is 11.9 Å². The van der Waals surface area contributed by atoms with Crippen LogP contribution in [-0.4, -0.2) is 38.3 Å². The van der Waals surface area contributed by atoms with E-state index in [0.717, 1.165) is 25.2 Å². The van der Waals surface area contributed by atoms with Crippen LogP contribution < -0.4 is 4.74 Å². The molecule has 4 nitrogen and oxygen atoms in total. The van der Waals surface area contributed by atoms with Crippen molar-refractivity contribution in [3.05, 3.63) is 29.3 Å². The molecule has 0 aliphatic carbocycles. The first-order chi connectivity index (χ1) is 8.20. The smallest absolute Gasteiger partial charge is 0.409 e. The predicted molar refractivity (Wildman–Crippen MR) is 64.4 cm³/mol. The summed E-state index contributed by atoms with van der Waals surface area (Å²) >= 11 is 0. The summed E-state index contributed by atoms with van der Waals surface area (Å²) in [5, 5.41) is 0. The van der Waals surface area contributed by atoms with E-state index in [-0.39, 0.29) is 6.09 Å². The molecule has 1 aromatic rings. The van der Waals surface area contributed by atoms with Crippen molar-refractivity contribution in [2.24, 2.45) is 0 Å². The standard InChI is InChI=1S/C13H17NO3/c1-14(13(15)16-2)7-5-10-3-4-12-11(9-10)6-8-17-12/h3-4,9H,5-8H2,1-2H3. The third kappa shape index (κ3) is 2.70. The van der Waals surface area contributed by atoms with Crippen molar-refractivity contribution >= 4 is 6.09 Å². The van der Waals surface area contributed by atoms with Gasteiger partial charge in [0, 0.05) is 20.0 Å². The Hall–Kier alpha value is -1.71. The van der Waals surface area contributed by atoms with Crippen molar-refractivity contribution in [2.75, 3.05) is 27.3 Å². The zero-order chi connectivity index (χ0) is 12.3. The van der Waals surface area contributed by atoms with E-state index < -0.39 is 0 Å². The van der Waals surface area contributed by atoms with Crippen LogP contribution >= 0.6 is 0 Å². The van der Waals surface area contributed by atoms with Gasteiger partial charge in [0.05, 0.1) is 13.7 Å². The van der Waals surface area contributed by atoms with Gasteiger partial charge < -0.3 is 14.4 Å². The van der Waals surface area contributed by atoms with E-state index in [1.807, 2.05) is 6.07 Å². The van der Waals surface area contributed by atoms with Crippen LogP contribution in [0.5, 0.6) is 5.75 Å². The monoisotopic (exact) mass is 235 g/mol. The summed E-state index contributed by atoms with van der Waals surface area (Å²) < 4.78 is 10.1. The van der Waals surface area contributed by atoms with Gasteiger partial charge in [-0.2, -0.15) is 0 Å². The largest absolute Gasteiger partial charge is 0.493 e. The second-order valence-electron chi connectivity index (χ2n) is 4.18. The number of nitrogens with zero attached hydrogens (tertiary/aromatic N) is 1. The highest BCUT2D eigenvalue weighted by atomic mass is 16.5. The molecule has 0 N–H and O–H groups in total. The van der Waals surface area contributed by atoms with Crippen LogP contribution in [0, 0.1) is 0 Å². The van der Waals surface area contributed by atoms with Crippen molar-refractivity contribution in [2.45, 2.75) is 12.8 Å². The Kier molecular flexibility index (Phi) is 3.52. The number of benzene rings is 1. The van der Waals surface area contributed by atoms with Crippen LogP contribution in [-0.2, 0) is 17.6 Å². The van der Waals surface area contributed by atoms with Crippen molar-refractivity contribution in [3.63, 3.8) is 0 Å². The lowest BCUT2D eigenvalue weighted by Crippen LogP contribution is -2.28. The maximum atomic E-state index is 11.2. The van der Waals surface area contributed by atoms with E-state index in [1.165, 1.54) is 18.2 Å². The van der Waals surface area contributed by atoms with E-state index in [2.05, 4.69) is 16.9 Å². The normalized spacial score (nSPS) is 12.8. The average Bonchev–Trinajstić information content (AvgIpc) is 2.82. The summed E-state index contributed by atoms with van der Waals surface area (Å²) in [4.78, 5) is 12.8. The summed E-state index contributed by atoms with van der Waals surface area (Å²) in [7, 11) is 3.13. The first kappa shape index (κ1) is 11.8. The fourth-order valence-electron chi connectivity index (χ4n) is 1.94. The molecule has 1 heterocycles. The maximum Gasteiger partial charge on any atom is 0.409 e. The highest BCUT2D eigenvalue weighted by Gasteiger charge is 2.13. The van der Waals surface area contributed by atoms with Crippen LogP contribution in [0.15, 0.2) is 18.2 Å². The number of carbonyl (C=O) groups is 1. The molecule has 0 saturated carbocycles. The molecular weight excluding hydrogens is 218 g/mol. The molecule has 1 aliphatic heterocycles. The average molecular weight is 235 g/mol. The second-order valence-corrected chi connectivity index (χ2v) is 4.18. The third-order valence-corrected chi connectivity index (χ3v) is 2.98. The fourth-order valence-corrected chi connectivity index (χ4v) is 1.94. The Labute approximate surface area is 101 Å². The minimum absolute atomic E-state index is 0.297. The molecule has 0 unspecified atom stereocenters. The van der Waals surface area contributed by atoms with Gasteiger partial charge in [-0.1, -0.05) is 12.1 Å². The number of carbonyl (C=O) groups excluding carboxylic acids is 1. The number of ether oxygens (including phenoxy) is 2. The van der Waals surface area contributed by atoms with Gasteiger partial charge in [0.1, 0.15) is 5.75 Å². The van der Waals surface area contributed by atoms with Gasteiger partial charge in [-0.25, -0.2) is 4.79 Å². The first-order valence-corrected chi connectivity index (χ1v) is 5.74. The number of amides is 1. The second kappa shape index (κ2) is 5.08. The number of hydrogen-bond acceptors (Lipinski definition) is 3. The minimum Gasteiger partial charge on any atom is -0.493 e. The number of methoxy groups -OCH3 is 1. The van der Waals surface area contributed by atoms with E-state index in [4.69, 9.17) is 4.74 Å². The molecule has 0 saturated heterocycles. The first-order valence-electron chi connectivity index (χ1n) is 5.74. The van der Waals surface area contributed by atoms with Gasteiger partial charge in [-0.3, -0.25) is 0 Å². The van der Waals surface area contributed by atoms with Crippen LogP contribution in [0.4, 0.5) is 4.79 Å². The predicted octanol–water partition coefficient (Wildman–Crippen LogP) is 1.86. The van der Waals surface area contributed by atoms with Crippen molar-refractivity contribution in [1.82, 2.24) is 4.90 Å². The molecule has 2 rings (SSSR count). The molecule has 0 spiro atoms. The van der Waals surface area contributed by atoms with E-state index >= 15 is 0 Å². The summed E-state index contributed by atoms with van der Waals surface area (Å²) in [6.07, 6.45) is 1.52. The molecule has 4 heteroatoms. The zero-order valence-corrected chi connectivity index (χ0v) is 10.2. The van der Waals surface area contributed by atoms with Crippen LogP contribution in [0.25, 0.3) is 0 Å². The van der Waals surface area contributed by atoms with E-state index in [9.17, 15) is 4.79 Å². The Bertz CT molecular complexity index is 417. The summed E-state index contributed by atoms with van der Waals surface area (Å²) in [6, 6.07) is 6.22. The SMILES string of the molecule is COC(=O)N(C)CCc1ccc2c(c1)CCO2. The molecule has 0 atom stereocenters. The molecule has 0 fully saturated rings. The number of rotatable bonds is 3. The van der Waals surface area contributed by atoms with Gasteiger partial charge >= 0.3 is 6.09 Å². The van der Waals surface area contributed by atoms with Gasteiger partial charge in [0.15, 0.2) is 0 Å². The minimum atomic E-state index is -0.297. The topological polar surface area (TPSA) is 38.8 Å². The molecule has 92 valence electrons. The summed E-state index contributed by atoms with van der Waals surface area (Å²) in [5.41, 5.74) is 2.49. The maximum absolute atomic E-state index is 11.2. The van der Waals surface area contributed by atoms with Crippen molar-refractivity contribution < 1.29 is 14.3 Å². The summed E-state index contributed by atoms with van der Waals surface area (Å²) in [5.74, 6) is 0.995. The lowest BCUT2D eigenvalue weighted by atomic mass is 10.1. The third-order valence-electron chi connectivity index (χ3n) is 2.98. The zero-order valence-electron chi connectivity index (χ0n) is 10.2. The van der Waals surface area contributed by atoms with Gasteiger partial charge in [-0.15, -0.1) is 0 Å². The Morgan fingerprint density at radius 1 is 1.53 bits per heavy atom. The lowest BCUT2D eigenvalue weighted by molar-refractivity contribution is 0.134. The van der Waals surface area contributed by atoms with Gasteiger partial charge in [0.2, 0.25) is 0 Å². The Morgan fingerprint density at radius 3 is 3.12 bits per heavy atom. The Balaban J connectivity index is 1.93. The van der Waals surface area contributed by atoms with Crippen LogP contribution in [0.3, 0.4) is 0 Å². The molecule has 17 heavy (non-hydrogen) atoms. The molecule has 1 aliphatic rings. The summed E-state index contributed by atoms with van der Waals surface area (Å²) in [6.45, 7) is 1.44. The Morgan fingerprint density at radius 2 is 2.35 bits per heavy atom. The lowest BCUT2D eigenvalue weighted by Gasteiger charge is -2.15. The number of hydrogen-bond donors (Lipinski definition) is 0. The highest BCUT2D eigenvalue weighted by molar-refractivity contribution is 5.66.